The predicted octanol–water partition coefficient (Wildman–Crippen LogP) is 7.15. The summed E-state index contributed by atoms with van der Waals surface area (Å²) in [6.07, 6.45) is 6.42. The van der Waals surface area contributed by atoms with Crippen LogP contribution in [-0.4, -0.2) is 44.6 Å². The fraction of sp³-hybridized carbons (Fsp3) is 0.407. The second kappa shape index (κ2) is 8.77. The molecular formula is C27H31BrN4O2. The zero-order valence-corrected chi connectivity index (χ0v) is 21.8. The Morgan fingerprint density at radius 1 is 1.24 bits per heavy atom. The Morgan fingerprint density at radius 3 is 2.71 bits per heavy atom. The van der Waals surface area contributed by atoms with Crippen molar-refractivity contribution in [3.8, 4) is 11.3 Å². The van der Waals surface area contributed by atoms with E-state index in [0.717, 1.165) is 64.6 Å². The Bertz CT molecular complexity index is 1360. The quantitative estimate of drug-likeness (QED) is 0.300. The number of piperidine rings is 1. The summed E-state index contributed by atoms with van der Waals surface area (Å²) in [6.45, 7) is 9.40. The van der Waals surface area contributed by atoms with Gasteiger partial charge in [0.15, 0.2) is 0 Å². The van der Waals surface area contributed by atoms with E-state index in [4.69, 9.17) is 4.74 Å². The van der Waals surface area contributed by atoms with E-state index in [9.17, 15) is 4.79 Å². The third kappa shape index (κ3) is 4.22. The molecule has 0 bridgehead atoms. The van der Waals surface area contributed by atoms with Gasteiger partial charge in [-0.1, -0.05) is 13.0 Å². The van der Waals surface area contributed by atoms with Crippen LogP contribution in [0.5, 0.6) is 0 Å². The van der Waals surface area contributed by atoms with E-state index in [0.29, 0.717) is 5.92 Å². The lowest BCUT2D eigenvalue weighted by molar-refractivity contribution is 0.0205. The maximum Gasteiger partial charge on any atom is 0.410 e. The number of pyridine rings is 1. The lowest BCUT2D eigenvalue weighted by Gasteiger charge is -2.33. The second-order valence-electron chi connectivity index (χ2n) is 10.1. The molecule has 1 aliphatic rings. The van der Waals surface area contributed by atoms with Crippen molar-refractivity contribution in [3.05, 3.63) is 52.3 Å². The van der Waals surface area contributed by atoms with Crippen molar-refractivity contribution in [2.45, 2.75) is 58.5 Å². The van der Waals surface area contributed by atoms with E-state index in [1.54, 1.807) is 0 Å². The van der Waals surface area contributed by atoms with Crippen molar-refractivity contribution < 1.29 is 9.53 Å². The van der Waals surface area contributed by atoms with Crippen LogP contribution in [0.2, 0.25) is 0 Å². The van der Waals surface area contributed by atoms with Gasteiger partial charge in [0.05, 0.1) is 5.69 Å². The molecule has 7 heteroatoms. The summed E-state index contributed by atoms with van der Waals surface area (Å²) >= 11 is 3.68. The minimum atomic E-state index is -0.460. The fourth-order valence-electron chi connectivity index (χ4n) is 5.06. The number of aromatic amines is 2. The topological polar surface area (TPSA) is 74.0 Å². The summed E-state index contributed by atoms with van der Waals surface area (Å²) in [5.74, 6) is 0.442. The van der Waals surface area contributed by atoms with Crippen molar-refractivity contribution in [1.29, 1.82) is 0 Å². The number of ether oxygens (including phenoxy) is 1. The summed E-state index contributed by atoms with van der Waals surface area (Å²) in [5, 5.41) is 2.37. The van der Waals surface area contributed by atoms with Gasteiger partial charge in [-0.05, 0) is 91.2 Å². The van der Waals surface area contributed by atoms with Gasteiger partial charge in [-0.3, -0.25) is 0 Å². The van der Waals surface area contributed by atoms with Crippen molar-refractivity contribution >= 4 is 44.0 Å². The van der Waals surface area contributed by atoms with Crippen molar-refractivity contribution in [3.63, 3.8) is 0 Å². The maximum atomic E-state index is 12.4. The molecule has 0 atom stereocenters. The molecule has 1 fully saturated rings. The van der Waals surface area contributed by atoms with Crippen LogP contribution in [0.1, 0.15) is 57.6 Å². The van der Waals surface area contributed by atoms with Gasteiger partial charge < -0.3 is 19.6 Å². The van der Waals surface area contributed by atoms with Gasteiger partial charge in [0.25, 0.3) is 0 Å². The van der Waals surface area contributed by atoms with Crippen LogP contribution in [0.4, 0.5) is 4.79 Å². The third-order valence-electron chi connectivity index (χ3n) is 6.70. The number of benzene rings is 1. The molecule has 4 aromatic rings. The molecule has 178 valence electrons. The highest BCUT2D eigenvalue weighted by Gasteiger charge is 2.28. The number of nitrogens with zero attached hydrogens (tertiary/aromatic N) is 2. The van der Waals surface area contributed by atoms with E-state index in [1.165, 1.54) is 16.5 Å². The van der Waals surface area contributed by atoms with Gasteiger partial charge in [0, 0.05) is 51.8 Å². The molecule has 0 saturated carbocycles. The Hall–Kier alpha value is -2.80. The van der Waals surface area contributed by atoms with Crippen LogP contribution in [0, 0.1) is 0 Å². The number of carbonyl (C=O) groups excluding carboxylic acids is 1. The van der Waals surface area contributed by atoms with Gasteiger partial charge in [0.2, 0.25) is 0 Å². The fourth-order valence-corrected chi connectivity index (χ4v) is 5.58. The molecule has 0 unspecified atom stereocenters. The Balaban J connectivity index is 1.44. The zero-order chi connectivity index (χ0) is 24.0. The number of likely N-dealkylation sites (tertiary alicyclic amines) is 1. The molecule has 0 aliphatic carbocycles. The summed E-state index contributed by atoms with van der Waals surface area (Å²) in [4.78, 5) is 25.7. The molecule has 1 aromatic carbocycles. The number of amides is 1. The van der Waals surface area contributed by atoms with Crippen LogP contribution in [0.3, 0.4) is 0 Å². The number of nitrogens with one attached hydrogen (secondary N) is 2. The number of H-pyrrole nitrogens is 2. The highest BCUT2D eigenvalue weighted by atomic mass is 79.9. The Labute approximate surface area is 208 Å². The van der Waals surface area contributed by atoms with Crippen molar-refractivity contribution in [2.24, 2.45) is 0 Å². The first-order chi connectivity index (χ1) is 16.2. The number of carbonyl (C=O) groups is 1. The van der Waals surface area contributed by atoms with Crippen LogP contribution in [0.15, 0.2) is 41.1 Å². The Morgan fingerprint density at radius 2 is 2.00 bits per heavy atom. The molecule has 1 aliphatic heterocycles. The first kappa shape index (κ1) is 23.0. The molecule has 5 rings (SSSR count). The molecule has 6 nitrogen and oxygen atoms in total. The number of aromatic nitrogens is 3. The summed E-state index contributed by atoms with van der Waals surface area (Å²) in [5.41, 5.74) is 6.54. The third-order valence-corrected chi connectivity index (χ3v) is 7.32. The smallest absolute Gasteiger partial charge is 0.410 e. The van der Waals surface area contributed by atoms with E-state index in [1.807, 2.05) is 38.1 Å². The van der Waals surface area contributed by atoms with Crippen LogP contribution in [-0.2, 0) is 11.2 Å². The predicted molar refractivity (Wildman–Crippen MR) is 140 cm³/mol. The first-order valence-electron chi connectivity index (χ1n) is 12.0. The van der Waals surface area contributed by atoms with Gasteiger partial charge in [0.1, 0.15) is 11.2 Å². The minimum absolute atomic E-state index is 0.204. The zero-order valence-electron chi connectivity index (χ0n) is 20.2. The van der Waals surface area contributed by atoms with Crippen LogP contribution < -0.4 is 0 Å². The molecule has 3 aromatic heterocycles. The van der Waals surface area contributed by atoms with Gasteiger partial charge >= 0.3 is 6.09 Å². The molecule has 0 radical (unpaired) electrons. The number of hydrogen-bond donors (Lipinski definition) is 2. The lowest BCUT2D eigenvalue weighted by atomic mass is 9.88. The highest BCUT2D eigenvalue weighted by Crippen LogP contribution is 2.39. The van der Waals surface area contributed by atoms with E-state index in [2.05, 4.69) is 62.1 Å². The maximum absolute atomic E-state index is 12.4. The molecular weight excluding hydrogens is 492 g/mol. The van der Waals surface area contributed by atoms with Crippen molar-refractivity contribution in [1.82, 2.24) is 19.9 Å². The monoisotopic (exact) mass is 522 g/mol. The first-order valence-corrected chi connectivity index (χ1v) is 12.8. The molecule has 1 saturated heterocycles. The number of rotatable bonds is 3. The van der Waals surface area contributed by atoms with Gasteiger partial charge in [-0.25, -0.2) is 9.78 Å². The van der Waals surface area contributed by atoms with Gasteiger partial charge in [-0.15, -0.1) is 0 Å². The molecule has 1 amide bonds. The van der Waals surface area contributed by atoms with E-state index < -0.39 is 5.60 Å². The van der Waals surface area contributed by atoms with Crippen LogP contribution >= 0.6 is 15.9 Å². The Kier molecular flexibility index (Phi) is 5.92. The average Bonchev–Trinajstić information content (AvgIpc) is 3.38. The van der Waals surface area contributed by atoms with Gasteiger partial charge in [-0.2, -0.15) is 0 Å². The number of hydrogen-bond acceptors (Lipinski definition) is 3. The SMILES string of the molecule is CCc1c(-c2ccnc3[nH]cc(Br)c23)[nH]c2ccc(C3CCN(C(=O)OC(C)(C)C)CC3)cc12. The summed E-state index contributed by atoms with van der Waals surface area (Å²) in [6, 6.07) is 8.88. The number of aryl methyl sites for hydroxylation is 1. The second-order valence-corrected chi connectivity index (χ2v) is 11.0. The minimum Gasteiger partial charge on any atom is -0.444 e. The summed E-state index contributed by atoms with van der Waals surface area (Å²) < 4.78 is 6.57. The molecule has 0 spiro atoms. The lowest BCUT2D eigenvalue weighted by Crippen LogP contribution is -2.41. The van der Waals surface area contributed by atoms with Crippen LogP contribution in [0.25, 0.3) is 33.2 Å². The standard InChI is InChI=1S/C27H31BrN4O2/c1-5-18-20-14-17(16-9-12-32(13-10-16)26(33)34-27(2,3)4)6-7-22(20)31-24(18)19-8-11-29-25-23(19)21(28)15-30-25/h6-8,11,14-16,31H,5,9-10,12-13H2,1-4H3,(H,29,30). The average molecular weight is 523 g/mol. The largest absolute Gasteiger partial charge is 0.444 e. The molecule has 4 heterocycles. The van der Waals surface area contributed by atoms with E-state index >= 15 is 0 Å². The molecule has 34 heavy (non-hydrogen) atoms. The van der Waals surface area contributed by atoms with Crippen molar-refractivity contribution in [2.75, 3.05) is 13.1 Å². The normalized spacial score (nSPS) is 15.4. The number of fused-ring (bicyclic) bond motifs is 2. The molecule has 2 N–H and O–H groups in total. The van der Waals surface area contributed by atoms with E-state index in [-0.39, 0.29) is 6.09 Å². The number of halogens is 1. The summed E-state index contributed by atoms with van der Waals surface area (Å²) in [7, 11) is 0. The highest BCUT2D eigenvalue weighted by molar-refractivity contribution is 9.10.